The zero-order chi connectivity index (χ0) is 15.1. The van der Waals surface area contributed by atoms with Crippen LogP contribution in [0.1, 0.15) is 11.1 Å². The molecule has 108 valence electrons. The van der Waals surface area contributed by atoms with Gasteiger partial charge in [0.2, 0.25) is 0 Å². The van der Waals surface area contributed by atoms with Gasteiger partial charge in [0, 0.05) is 32.5 Å². The first kappa shape index (κ1) is 14.8. The molecule has 1 aromatic carbocycles. The summed E-state index contributed by atoms with van der Waals surface area (Å²) in [5.74, 6) is 0. The molecule has 0 radical (unpaired) electrons. The zero-order valence-corrected chi connectivity index (χ0v) is 11.9. The minimum atomic E-state index is -0.0518. The molecule has 21 heavy (non-hydrogen) atoms. The molecule has 0 atom stereocenters. The van der Waals surface area contributed by atoms with Crippen molar-refractivity contribution < 1.29 is 4.74 Å². The van der Waals surface area contributed by atoms with Crippen molar-refractivity contribution in [2.45, 2.75) is 13.1 Å². The molecule has 0 aliphatic heterocycles. The van der Waals surface area contributed by atoms with E-state index in [2.05, 4.69) is 11.4 Å². The Bertz CT molecular complexity index is 701. The van der Waals surface area contributed by atoms with E-state index in [4.69, 9.17) is 10.00 Å². The zero-order valence-electron chi connectivity index (χ0n) is 11.9. The fraction of sp³-hybridized carbons (Fsp3) is 0.250. The first-order valence-corrected chi connectivity index (χ1v) is 6.65. The number of anilines is 1. The van der Waals surface area contributed by atoms with Crippen LogP contribution in [0, 0.1) is 11.3 Å². The lowest BCUT2D eigenvalue weighted by atomic mass is 10.1. The first-order chi connectivity index (χ1) is 10.2. The molecule has 0 saturated heterocycles. The molecule has 1 N–H and O–H groups in total. The van der Waals surface area contributed by atoms with Crippen LogP contribution < -0.4 is 10.9 Å². The predicted octanol–water partition coefficient (Wildman–Crippen LogP) is 1.98. The third-order valence-electron chi connectivity index (χ3n) is 3.07. The van der Waals surface area contributed by atoms with Crippen LogP contribution in [0.4, 0.5) is 5.69 Å². The lowest BCUT2D eigenvalue weighted by molar-refractivity contribution is 0.186. The number of ether oxygens (including phenoxy) is 1. The molecule has 1 aromatic heterocycles. The van der Waals surface area contributed by atoms with Crippen LogP contribution >= 0.6 is 0 Å². The van der Waals surface area contributed by atoms with Gasteiger partial charge in [-0.3, -0.25) is 4.79 Å². The van der Waals surface area contributed by atoms with Crippen molar-refractivity contribution in [1.29, 1.82) is 5.26 Å². The molecule has 0 aliphatic rings. The fourth-order valence-electron chi connectivity index (χ4n) is 1.96. The second-order valence-corrected chi connectivity index (χ2v) is 4.61. The van der Waals surface area contributed by atoms with Crippen LogP contribution in [0.15, 0.2) is 47.4 Å². The van der Waals surface area contributed by atoms with E-state index in [9.17, 15) is 4.79 Å². The quantitative estimate of drug-likeness (QED) is 0.880. The molecule has 0 aliphatic carbocycles. The van der Waals surface area contributed by atoms with Crippen molar-refractivity contribution in [3.05, 3.63) is 64.1 Å². The number of rotatable bonds is 6. The Balaban J connectivity index is 2.06. The highest BCUT2D eigenvalue weighted by atomic mass is 16.5. The van der Waals surface area contributed by atoms with Crippen molar-refractivity contribution in [1.82, 2.24) is 4.57 Å². The number of nitrogens with zero attached hydrogens (tertiary/aromatic N) is 2. The summed E-state index contributed by atoms with van der Waals surface area (Å²) in [7, 11) is 1.61. The standard InChI is InChI=1S/C16H17N3O2/c1-21-8-7-19-12-15(5-6-16(19)20)18-11-14-4-2-3-13(9-14)10-17/h2-6,9,12,18H,7-8,11H2,1H3. The highest BCUT2D eigenvalue weighted by Crippen LogP contribution is 2.09. The van der Waals surface area contributed by atoms with Crippen molar-refractivity contribution >= 4 is 5.69 Å². The molecule has 0 spiro atoms. The summed E-state index contributed by atoms with van der Waals surface area (Å²) in [4.78, 5) is 11.7. The van der Waals surface area contributed by atoms with Gasteiger partial charge in [0.15, 0.2) is 0 Å². The number of hydrogen-bond donors (Lipinski definition) is 1. The van der Waals surface area contributed by atoms with Crippen LogP contribution in [0.3, 0.4) is 0 Å². The molecule has 0 bridgehead atoms. The average molecular weight is 283 g/mol. The van der Waals surface area contributed by atoms with Crippen molar-refractivity contribution in [2.24, 2.45) is 0 Å². The molecule has 5 heteroatoms. The molecule has 0 fully saturated rings. The lowest BCUT2D eigenvalue weighted by Gasteiger charge is -2.10. The number of pyridine rings is 1. The normalized spacial score (nSPS) is 10.1. The summed E-state index contributed by atoms with van der Waals surface area (Å²) in [5.41, 5.74) is 2.46. The van der Waals surface area contributed by atoms with Gasteiger partial charge in [0.05, 0.1) is 23.9 Å². The molecule has 0 saturated carbocycles. The van der Waals surface area contributed by atoms with Gasteiger partial charge in [-0.2, -0.15) is 5.26 Å². The van der Waals surface area contributed by atoms with Crippen LogP contribution in [0.2, 0.25) is 0 Å². The molecular formula is C16H17N3O2. The van der Waals surface area contributed by atoms with Gasteiger partial charge >= 0.3 is 0 Å². The lowest BCUT2D eigenvalue weighted by Crippen LogP contribution is -2.21. The molecule has 5 nitrogen and oxygen atoms in total. The summed E-state index contributed by atoms with van der Waals surface area (Å²) in [6, 6.07) is 12.8. The van der Waals surface area contributed by atoms with E-state index in [1.165, 1.54) is 6.07 Å². The number of benzene rings is 1. The molecule has 2 aromatic rings. The molecule has 2 rings (SSSR count). The highest BCUT2D eigenvalue weighted by molar-refractivity contribution is 5.42. The molecule has 1 heterocycles. The van der Waals surface area contributed by atoms with Crippen molar-refractivity contribution in [3.63, 3.8) is 0 Å². The summed E-state index contributed by atoms with van der Waals surface area (Å²) in [6.45, 7) is 1.61. The predicted molar refractivity (Wildman–Crippen MR) is 81.1 cm³/mol. The van der Waals surface area contributed by atoms with E-state index < -0.39 is 0 Å². The van der Waals surface area contributed by atoms with Crippen molar-refractivity contribution in [2.75, 3.05) is 19.0 Å². The number of methoxy groups -OCH3 is 1. The maximum Gasteiger partial charge on any atom is 0.250 e. The van der Waals surface area contributed by atoms with E-state index in [0.29, 0.717) is 25.3 Å². The summed E-state index contributed by atoms with van der Waals surface area (Å²) < 4.78 is 6.59. The SMILES string of the molecule is COCCn1cc(NCc2cccc(C#N)c2)ccc1=O. The van der Waals surface area contributed by atoms with Gasteiger partial charge in [0.1, 0.15) is 0 Å². The van der Waals surface area contributed by atoms with Crippen LogP contribution in [0.25, 0.3) is 0 Å². The summed E-state index contributed by atoms with van der Waals surface area (Å²) >= 11 is 0. The van der Waals surface area contributed by atoms with Gasteiger partial charge in [-0.1, -0.05) is 12.1 Å². The van der Waals surface area contributed by atoms with Gasteiger partial charge in [-0.05, 0) is 23.8 Å². The second-order valence-electron chi connectivity index (χ2n) is 4.61. The number of aromatic nitrogens is 1. The monoisotopic (exact) mass is 283 g/mol. The minimum Gasteiger partial charge on any atom is -0.383 e. The number of nitrogens with one attached hydrogen (secondary N) is 1. The van der Waals surface area contributed by atoms with E-state index in [0.717, 1.165) is 11.3 Å². The van der Waals surface area contributed by atoms with E-state index in [-0.39, 0.29) is 5.56 Å². The Morgan fingerprint density at radius 1 is 1.33 bits per heavy atom. The third kappa shape index (κ3) is 4.20. The van der Waals surface area contributed by atoms with E-state index in [1.54, 1.807) is 30.0 Å². The van der Waals surface area contributed by atoms with Gasteiger partial charge in [0.25, 0.3) is 5.56 Å². The third-order valence-corrected chi connectivity index (χ3v) is 3.07. The Morgan fingerprint density at radius 3 is 2.95 bits per heavy atom. The minimum absolute atomic E-state index is 0.0518. The first-order valence-electron chi connectivity index (χ1n) is 6.65. The fourth-order valence-corrected chi connectivity index (χ4v) is 1.96. The van der Waals surface area contributed by atoms with Crippen LogP contribution in [-0.4, -0.2) is 18.3 Å². The Morgan fingerprint density at radius 2 is 2.19 bits per heavy atom. The van der Waals surface area contributed by atoms with Gasteiger partial charge < -0.3 is 14.6 Å². The molecule has 0 unspecified atom stereocenters. The maximum absolute atomic E-state index is 11.7. The Hall–Kier alpha value is -2.58. The Labute approximate surface area is 123 Å². The molecular weight excluding hydrogens is 266 g/mol. The average Bonchev–Trinajstić information content (AvgIpc) is 2.53. The van der Waals surface area contributed by atoms with Crippen LogP contribution in [-0.2, 0) is 17.8 Å². The topological polar surface area (TPSA) is 67.0 Å². The van der Waals surface area contributed by atoms with E-state index >= 15 is 0 Å². The van der Waals surface area contributed by atoms with Gasteiger partial charge in [-0.15, -0.1) is 0 Å². The van der Waals surface area contributed by atoms with Gasteiger partial charge in [-0.25, -0.2) is 0 Å². The Kier molecular flexibility index (Phi) is 5.13. The second kappa shape index (κ2) is 7.27. The molecule has 0 amide bonds. The number of nitriles is 1. The van der Waals surface area contributed by atoms with Crippen molar-refractivity contribution in [3.8, 4) is 6.07 Å². The smallest absolute Gasteiger partial charge is 0.250 e. The number of hydrogen-bond acceptors (Lipinski definition) is 4. The highest BCUT2D eigenvalue weighted by Gasteiger charge is 2.00. The van der Waals surface area contributed by atoms with E-state index in [1.807, 2.05) is 18.2 Å². The largest absolute Gasteiger partial charge is 0.383 e. The van der Waals surface area contributed by atoms with Crippen LogP contribution in [0.5, 0.6) is 0 Å². The maximum atomic E-state index is 11.7. The summed E-state index contributed by atoms with van der Waals surface area (Å²) in [6.07, 6.45) is 1.77. The summed E-state index contributed by atoms with van der Waals surface area (Å²) in [5, 5.41) is 12.1.